The third kappa shape index (κ3) is 1.99. The van der Waals surface area contributed by atoms with E-state index in [2.05, 4.69) is 4.98 Å². The SMILES string of the molecule is O=C1OC(=Cc2ccccc2)c2nc3ccccc3cc21. The van der Waals surface area contributed by atoms with Gasteiger partial charge < -0.3 is 4.74 Å². The molecule has 21 heavy (non-hydrogen) atoms. The Balaban J connectivity index is 1.91. The second kappa shape index (κ2) is 4.56. The van der Waals surface area contributed by atoms with Gasteiger partial charge in [-0.3, -0.25) is 0 Å². The van der Waals surface area contributed by atoms with Gasteiger partial charge in [0.2, 0.25) is 0 Å². The second-order valence-corrected chi connectivity index (χ2v) is 4.89. The molecule has 0 amide bonds. The van der Waals surface area contributed by atoms with Crippen molar-refractivity contribution in [3.8, 4) is 0 Å². The van der Waals surface area contributed by atoms with Gasteiger partial charge in [-0.2, -0.15) is 0 Å². The number of rotatable bonds is 1. The number of aromatic nitrogens is 1. The van der Waals surface area contributed by atoms with Gasteiger partial charge in [-0.25, -0.2) is 9.78 Å². The molecule has 0 unspecified atom stereocenters. The highest BCUT2D eigenvalue weighted by Crippen LogP contribution is 2.32. The summed E-state index contributed by atoms with van der Waals surface area (Å²) in [7, 11) is 0. The van der Waals surface area contributed by atoms with Crippen LogP contribution in [0.5, 0.6) is 0 Å². The van der Waals surface area contributed by atoms with Crippen molar-refractivity contribution in [2.75, 3.05) is 0 Å². The maximum Gasteiger partial charge on any atom is 0.345 e. The minimum Gasteiger partial charge on any atom is -0.421 e. The Bertz CT molecular complexity index is 882. The van der Waals surface area contributed by atoms with E-state index in [1.54, 1.807) is 0 Å². The summed E-state index contributed by atoms with van der Waals surface area (Å²) in [6.07, 6.45) is 1.84. The van der Waals surface area contributed by atoms with Gasteiger partial charge in [0.1, 0.15) is 5.69 Å². The van der Waals surface area contributed by atoms with Crippen LogP contribution < -0.4 is 0 Å². The first kappa shape index (κ1) is 11.9. The molecule has 0 aliphatic carbocycles. The van der Waals surface area contributed by atoms with E-state index in [0.29, 0.717) is 17.0 Å². The number of ether oxygens (including phenoxy) is 1. The summed E-state index contributed by atoms with van der Waals surface area (Å²) < 4.78 is 5.37. The average Bonchev–Trinajstić information content (AvgIpc) is 2.82. The number of cyclic esters (lactones) is 1. The molecule has 0 saturated heterocycles. The summed E-state index contributed by atoms with van der Waals surface area (Å²) in [4.78, 5) is 16.6. The van der Waals surface area contributed by atoms with Crippen molar-refractivity contribution in [3.63, 3.8) is 0 Å². The molecule has 0 saturated carbocycles. The van der Waals surface area contributed by atoms with Crippen LogP contribution >= 0.6 is 0 Å². The minimum absolute atomic E-state index is 0.342. The molecule has 3 aromatic rings. The zero-order valence-electron chi connectivity index (χ0n) is 11.1. The first-order valence-corrected chi connectivity index (χ1v) is 6.70. The van der Waals surface area contributed by atoms with Crippen LogP contribution in [0.2, 0.25) is 0 Å². The van der Waals surface area contributed by atoms with Crippen molar-refractivity contribution in [1.82, 2.24) is 4.98 Å². The van der Waals surface area contributed by atoms with Gasteiger partial charge in [-0.1, -0.05) is 48.5 Å². The monoisotopic (exact) mass is 273 g/mol. The van der Waals surface area contributed by atoms with Crippen LogP contribution in [0.15, 0.2) is 60.7 Å². The average molecular weight is 273 g/mol. The number of pyridine rings is 1. The Morgan fingerprint density at radius 1 is 0.952 bits per heavy atom. The molecule has 4 rings (SSSR count). The molecule has 0 atom stereocenters. The van der Waals surface area contributed by atoms with E-state index in [9.17, 15) is 4.79 Å². The maximum absolute atomic E-state index is 12.0. The summed E-state index contributed by atoms with van der Waals surface area (Å²) >= 11 is 0. The van der Waals surface area contributed by atoms with E-state index >= 15 is 0 Å². The molecular weight excluding hydrogens is 262 g/mol. The Morgan fingerprint density at radius 2 is 1.71 bits per heavy atom. The van der Waals surface area contributed by atoms with Crippen molar-refractivity contribution >= 4 is 28.7 Å². The number of carbonyl (C=O) groups is 1. The molecule has 0 bridgehead atoms. The quantitative estimate of drug-likeness (QED) is 0.631. The number of benzene rings is 2. The lowest BCUT2D eigenvalue weighted by atomic mass is 10.1. The van der Waals surface area contributed by atoms with Gasteiger partial charge in [0, 0.05) is 5.39 Å². The van der Waals surface area contributed by atoms with Crippen LogP contribution in [0.4, 0.5) is 0 Å². The molecule has 1 aromatic heterocycles. The molecule has 2 heterocycles. The van der Waals surface area contributed by atoms with Crippen LogP contribution in [-0.2, 0) is 4.74 Å². The Hall–Kier alpha value is -2.94. The zero-order valence-corrected chi connectivity index (χ0v) is 11.1. The van der Waals surface area contributed by atoms with Gasteiger partial charge in [0.25, 0.3) is 0 Å². The normalized spacial score (nSPS) is 15.2. The van der Waals surface area contributed by atoms with Crippen LogP contribution in [0.3, 0.4) is 0 Å². The summed E-state index contributed by atoms with van der Waals surface area (Å²) in [5.41, 5.74) is 2.97. The summed E-state index contributed by atoms with van der Waals surface area (Å²) in [5, 5.41) is 0.939. The molecular formula is C18H11NO2. The van der Waals surface area contributed by atoms with Gasteiger partial charge in [0.05, 0.1) is 11.1 Å². The van der Waals surface area contributed by atoms with Crippen molar-refractivity contribution in [1.29, 1.82) is 0 Å². The standard InChI is InChI=1S/C18H11NO2/c20-18-14-11-13-8-4-5-9-15(13)19-17(14)16(21-18)10-12-6-2-1-3-7-12/h1-11H. The predicted octanol–water partition coefficient (Wildman–Crippen LogP) is 3.90. The lowest BCUT2D eigenvalue weighted by Gasteiger charge is -2.00. The molecule has 0 radical (unpaired) electrons. The van der Waals surface area contributed by atoms with Crippen LogP contribution in [0.1, 0.15) is 21.6 Å². The Kier molecular flexibility index (Phi) is 2.57. The van der Waals surface area contributed by atoms with Crippen molar-refractivity contribution in [2.45, 2.75) is 0 Å². The summed E-state index contributed by atoms with van der Waals surface area (Å²) in [6, 6.07) is 19.3. The van der Waals surface area contributed by atoms with E-state index in [4.69, 9.17) is 4.74 Å². The summed E-state index contributed by atoms with van der Waals surface area (Å²) in [6.45, 7) is 0. The molecule has 100 valence electrons. The van der Waals surface area contributed by atoms with Gasteiger partial charge in [0.15, 0.2) is 5.76 Å². The largest absolute Gasteiger partial charge is 0.421 e. The van der Waals surface area contributed by atoms with Crippen LogP contribution in [-0.4, -0.2) is 11.0 Å². The number of esters is 1. The highest BCUT2D eigenvalue weighted by Gasteiger charge is 2.28. The molecule has 1 aliphatic rings. The van der Waals surface area contributed by atoms with Crippen molar-refractivity contribution in [2.24, 2.45) is 0 Å². The molecule has 1 aliphatic heterocycles. The van der Waals surface area contributed by atoms with Crippen molar-refractivity contribution in [3.05, 3.63) is 77.5 Å². The van der Waals surface area contributed by atoms with Crippen LogP contribution in [0.25, 0.3) is 22.7 Å². The maximum atomic E-state index is 12.0. The minimum atomic E-state index is -0.342. The van der Waals surface area contributed by atoms with Crippen LogP contribution in [0, 0.1) is 0 Å². The van der Waals surface area contributed by atoms with E-state index in [-0.39, 0.29) is 5.97 Å². The number of para-hydroxylation sites is 1. The fraction of sp³-hybridized carbons (Fsp3) is 0. The zero-order chi connectivity index (χ0) is 14.2. The van der Waals surface area contributed by atoms with Crippen molar-refractivity contribution < 1.29 is 9.53 Å². The summed E-state index contributed by atoms with van der Waals surface area (Å²) in [5.74, 6) is 0.164. The Morgan fingerprint density at radius 3 is 2.57 bits per heavy atom. The highest BCUT2D eigenvalue weighted by molar-refractivity contribution is 6.07. The predicted molar refractivity (Wildman–Crippen MR) is 81.5 cm³/mol. The number of nitrogens with zero attached hydrogens (tertiary/aromatic N) is 1. The van der Waals surface area contributed by atoms with E-state index in [0.717, 1.165) is 16.5 Å². The number of hydrogen-bond acceptors (Lipinski definition) is 3. The van der Waals surface area contributed by atoms with Gasteiger partial charge in [-0.15, -0.1) is 0 Å². The first-order chi connectivity index (χ1) is 10.3. The topological polar surface area (TPSA) is 39.2 Å². The number of hydrogen-bond donors (Lipinski definition) is 0. The third-order valence-corrected chi connectivity index (χ3v) is 3.48. The number of fused-ring (bicyclic) bond motifs is 2. The fourth-order valence-corrected chi connectivity index (χ4v) is 2.46. The molecule has 3 nitrogen and oxygen atoms in total. The molecule has 0 fully saturated rings. The number of carbonyl (C=O) groups excluding carboxylic acids is 1. The Labute approximate surface area is 121 Å². The van der Waals surface area contributed by atoms with Gasteiger partial charge >= 0.3 is 5.97 Å². The first-order valence-electron chi connectivity index (χ1n) is 6.70. The third-order valence-electron chi connectivity index (χ3n) is 3.48. The molecule has 0 N–H and O–H groups in total. The molecule has 3 heteroatoms. The molecule has 0 spiro atoms. The smallest absolute Gasteiger partial charge is 0.345 e. The highest BCUT2D eigenvalue weighted by atomic mass is 16.5. The second-order valence-electron chi connectivity index (χ2n) is 4.89. The van der Waals surface area contributed by atoms with E-state index in [1.807, 2.05) is 66.7 Å². The van der Waals surface area contributed by atoms with E-state index in [1.165, 1.54) is 0 Å². The molecule has 2 aromatic carbocycles. The van der Waals surface area contributed by atoms with Gasteiger partial charge in [-0.05, 0) is 23.8 Å². The lowest BCUT2D eigenvalue weighted by Crippen LogP contribution is -1.94. The van der Waals surface area contributed by atoms with E-state index < -0.39 is 0 Å². The fourth-order valence-electron chi connectivity index (χ4n) is 2.46. The lowest BCUT2D eigenvalue weighted by molar-refractivity contribution is 0.0717.